The summed E-state index contributed by atoms with van der Waals surface area (Å²) in [5, 5.41) is 0. The molecule has 2 N–H and O–H groups in total. The van der Waals surface area contributed by atoms with Gasteiger partial charge in [-0.3, -0.25) is 0 Å². The molecule has 0 atom stereocenters. The lowest BCUT2D eigenvalue weighted by Crippen LogP contribution is -2.13. The Kier molecular flexibility index (Phi) is 3.75. The molecular formula is C12H18FNO2. The van der Waals surface area contributed by atoms with Crippen LogP contribution in [0.25, 0.3) is 0 Å². The summed E-state index contributed by atoms with van der Waals surface area (Å²) in [6.07, 6.45) is 0. The SMILES string of the molecule is COc1cc(CN)cc(C(C)(C)F)c1OC. The first-order valence-electron chi connectivity index (χ1n) is 5.08. The number of benzene rings is 1. The first-order chi connectivity index (χ1) is 7.43. The van der Waals surface area contributed by atoms with Crippen LogP contribution in [0.5, 0.6) is 11.5 Å². The highest BCUT2D eigenvalue weighted by Gasteiger charge is 2.26. The highest BCUT2D eigenvalue weighted by atomic mass is 19.1. The number of hydrogen-bond acceptors (Lipinski definition) is 3. The normalized spacial score (nSPS) is 11.4. The molecule has 0 aliphatic rings. The molecule has 0 spiro atoms. The number of ether oxygens (including phenoxy) is 2. The van der Waals surface area contributed by atoms with E-state index in [4.69, 9.17) is 15.2 Å². The highest BCUT2D eigenvalue weighted by Crippen LogP contribution is 2.40. The van der Waals surface area contributed by atoms with Crippen LogP contribution in [0, 0.1) is 0 Å². The quantitative estimate of drug-likeness (QED) is 0.858. The van der Waals surface area contributed by atoms with Crippen LogP contribution in [-0.4, -0.2) is 14.2 Å². The van der Waals surface area contributed by atoms with E-state index in [-0.39, 0.29) is 0 Å². The van der Waals surface area contributed by atoms with E-state index in [1.807, 2.05) is 0 Å². The van der Waals surface area contributed by atoms with E-state index in [0.717, 1.165) is 5.56 Å². The van der Waals surface area contributed by atoms with Crippen molar-refractivity contribution in [1.82, 2.24) is 0 Å². The van der Waals surface area contributed by atoms with Crippen LogP contribution in [-0.2, 0) is 12.2 Å². The Hall–Kier alpha value is -1.29. The van der Waals surface area contributed by atoms with E-state index in [9.17, 15) is 4.39 Å². The molecule has 0 bridgehead atoms. The fraction of sp³-hybridized carbons (Fsp3) is 0.500. The van der Waals surface area contributed by atoms with E-state index >= 15 is 0 Å². The van der Waals surface area contributed by atoms with Crippen molar-refractivity contribution in [2.75, 3.05) is 14.2 Å². The van der Waals surface area contributed by atoms with Crippen molar-refractivity contribution in [3.8, 4) is 11.5 Å². The second-order valence-electron chi connectivity index (χ2n) is 4.06. The molecule has 0 aliphatic heterocycles. The van der Waals surface area contributed by atoms with Crippen LogP contribution in [0.3, 0.4) is 0 Å². The Morgan fingerprint density at radius 3 is 2.25 bits per heavy atom. The molecular weight excluding hydrogens is 209 g/mol. The van der Waals surface area contributed by atoms with Gasteiger partial charge in [0.15, 0.2) is 11.5 Å². The molecule has 0 aromatic heterocycles. The maximum absolute atomic E-state index is 14.0. The van der Waals surface area contributed by atoms with E-state index < -0.39 is 5.67 Å². The highest BCUT2D eigenvalue weighted by molar-refractivity contribution is 5.51. The smallest absolute Gasteiger partial charge is 0.167 e. The van der Waals surface area contributed by atoms with Gasteiger partial charge in [0, 0.05) is 12.1 Å². The maximum atomic E-state index is 14.0. The molecule has 3 nitrogen and oxygen atoms in total. The summed E-state index contributed by atoms with van der Waals surface area (Å²) < 4.78 is 24.4. The minimum absolute atomic E-state index is 0.337. The fourth-order valence-corrected chi connectivity index (χ4v) is 1.58. The summed E-state index contributed by atoms with van der Waals surface area (Å²) in [6, 6.07) is 3.47. The molecule has 16 heavy (non-hydrogen) atoms. The van der Waals surface area contributed by atoms with E-state index in [0.29, 0.717) is 23.6 Å². The topological polar surface area (TPSA) is 44.5 Å². The second kappa shape index (κ2) is 4.70. The Morgan fingerprint density at radius 2 is 1.88 bits per heavy atom. The summed E-state index contributed by atoms with van der Waals surface area (Å²) in [5.74, 6) is 0.929. The Balaban J connectivity index is 3.43. The summed E-state index contributed by atoms with van der Waals surface area (Å²) in [7, 11) is 3.02. The molecule has 1 aromatic carbocycles. The molecule has 4 heteroatoms. The van der Waals surface area contributed by atoms with Crippen molar-refractivity contribution < 1.29 is 13.9 Å². The zero-order valence-electron chi connectivity index (χ0n) is 10.1. The predicted molar refractivity (Wildman–Crippen MR) is 61.6 cm³/mol. The standard InChI is InChI=1S/C12H18FNO2/c1-12(2,13)9-5-8(7-14)6-10(15-3)11(9)16-4/h5-6H,7,14H2,1-4H3. The fourth-order valence-electron chi connectivity index (χ4n) is 1.58. The molecule has 0 saturated carbocycles. The maximum Gasteiger partial charge on any atom is 0.167 e. The first-order valence-corrected chi connectivity index (χ1v) is 5.08. The minimum Gasteiger partial charge on any atom is -0.493 e. The lowest BCUT2D eigenvalue weighted by Gasteiger charge is -2.21. The third-order valence-electron chi connectivity index (χ3n) is 2.41. The van der Waals surface area contributed by atoms with Gasteiger partial charge in [0.05, 0.1) is 14.2 Å². The molecule has 90 valence electrons. The molecule has 0 fully saturated rings. The average molecular weight is 227 g/mol. The zero-order chi connectivity index (χ0) is 12.3. The van der Waals surface area contributed by atoms with E-state index in [1.165, 1.54) is 28.1 Å². The molecule has 0 radical (unpaired) electrons. The number of methoxy groups -OCH3 is 2. The van der Waals surface area contributed by atoms with Crippen molar-refractivity contribution in [3.05, 3.63) is 23.3 Å². The summed E-state index contributed by atoms with van der Waals surface area (Å²) in [4.78, 5) is 0. The molecule has 0 saturated heterocycles. The summed E-state index contributed by atoms with van der Waals surface area (Å²) in [6.45, 7) is 3.29. The molecule has 1 rings (SSSR count). The van der Waals surface area contributed by atoms with Gasteiger partial charge in [-0.05, 0) is 31.5 Å². The van der Waals surface area contributed by atoms with E-state index in [1.54, 1.807) is 12.1 Å². The van der Waals surface area contributed by atoms with Crippen LogP contribution in [0.15, 0.2) is 12.1 Å². The van der Waals surface area contributed by atoms with E-state index in [2.05, 4.69) is 0 Å². The molecule has 1 aromatic rings. The van der Waals surface area contributed by atoms with Gasteiger partial charge in [0.1, 0.15) is 5.67 Å². The second-order valence-corrected chi connectivity index (χ2v) is 4.06. The van der Waals surface area contributed by atoms with Crippen molar-refractivity contribution >= 4 is 0 Å². The van der Waals surface area contributed by atoms with Gasteiger partial charge in [-0.25, -0.2) is 4.39 Å². The summed E-state index contributed by atoms with van der Waals surface area (Å²) >= 11 is 0. The van der Waals surface area contributed by atoms with Gasteiger partial charge in [-0.2, -0.15) is 0 Å². The molecule has 0 unspecified atom stereocenters. The van der Waals surface area contributed by atoms with Gasteiger partial charge in [0.2, 0.25) is 0 Å². The van der Waals surface area contributed by atoms with Crippen LogP contribution >= 0.6 is 0 Å². The molecule has 0 aliphatic carbocycles. The van der Waals surface area contributed by atoms with Crippen LogP contribution in [0.4, 0.5) is 4.39 Å². The zero-order valence-corrected chi connectivity index (χ0v) is 10.1. The largest absolute Gasteiger partial charge is 0.493 e. The lowest BCUT2D eigenvalue weighted by molar-refractivity contribution is 0.211. The number of nitrogens with two attached hydrogens (primary N) is 1. The van der Waals surface area contributed by atoms with Crippen LogP contribution in [0.2, 0.25) is 0 Å². The van der Waals surface area contributed by atoms with Gasteiger partial charge < -0.3 is 15.2 Å². The van der Waals surface area contributed by atoms with Gasteiger partial charge in [-0.15, -0.1) is 0 Å². The number of alkyl halides is 1. The number of hydrogen-bond donors (Lipinski definition) is 1. The average Bonchev–Trinajstić information content (AvgIpc) is 2.25. The minimum atomic E-state index is -1.50. The lowest BCUT2D eigenvalue weighted by atomic mass is 9.96. The Morgan fingerprint density at radius 1 is 1.25 bits per heavy atom. The van der Waals surface area contributed by atoms with Gasteiger partial charge in [0.25, 0.3) is 0 Å². The molecule has 0 amide bonds. The third kappa shape index (κ3) is 2.44. The molecule has 0 heterocycles. The predicted octanol–water partition coefficient (Wildman–Crippen LogP) is 2.37. The van der Waals surface area contributed by atoms with Gasteiger partial charge in [-0.1, -0.05) is 0 Å². The van der Waals surface area contributed by atoms with Gasteiger partial charge >= 0.3 is 0 Å². The Bertz CT molecular complexity index is 372. The third-order valence-corrected chi connectivity index (χ3v) is 2.41. The van der Waals surface area contributed by atoms with Crippen LogP contribution < -0.4 is 15.2 Å². The number of halogens is 1. The van der Waals surface area contributed by atoms with Crippen molar-refractivity contribution in [2.45, 2.75) is 26.1 Å². The van der Waals surface area contributed by atoms with Crippen molar-refractivity contribution in [1.29, 1.82) is 0 Å². The van der Waals surface area contributed by atoms with Crippen LogP contribution in [0.1, 0.15) is 25.0 Å². The Labute approximate surface area is 95.4 Å². The number of rotatable bonds is 4. The van der Waals surface area contributed by atoms with Crippen molar-refractivity contribution in [3.63, 3.8) is 0 Å². The van der Waals surface area contributed by atoms with Crippen molar-refractivity contribution in [2.24, 2.45) is 5.73 Å². The summed E-state index contributed by atoms with van der Waals surface area (Å²) in [5.41, 5.74) is 5.33. The first kappa shape index (κ1) is 12.8. The monoisotopic (exact) mass is 227 g/mol.